The molecule has 0 atom stereocenters. The third-order valence-corrected chi connectivity index (χ3v) is 4.02. The van der Waals surface area contributed by atoms with Crippen LogP contribution >= 0.6 is 15.9 Å². The van der Waals surface area contributed by atoms with Crippen molar-refractivity contribution >= 4 is 27.5 Å². The smallest absolute Gasteiger partial charge is 0.277 e. The van der Waals surface area contributed by atoms with Gasteiger partial charge in [-0.3, -0.25) is 4.79 Å². The highest BCUT2D eigenvalue weighted by atomic mass is 79.9. The molecule has 6 heteroatoms. The van der Waals surface area contributed by atoms with Gasteiger partial charge in [0.1, 0.15) is 6.26 Å². The van der Waals surface area contributed by atoms with Crippen LogP contribution in [0.25, 0.3) is 0 Å². The van der Waals surface area contributed by atoms with Crippen molar-refractivity contribution in [1.82, 2.24) is 10.3 Å². The van der Waals surface area contributed by atoms with Crippen LogP contribution < -0.4 is 10.6 Å². The Morgan fingerprint density at radius 1 is 1.38 bits per heavy atom. The maximum atomic E-state index is 12.2. The van der Waals surface area contributed by atoms with Gasteiger partial charge in [0, 0.05) is 16.1 Å². The summed E-state index contributed by atoms with van der Waals surface area (Å²) in [5, 5.41) is 6.11. The van der Waals surface area contributed by atoms with Crippen LogP contribution in [0.5, 0.6) is 0 Å². The van der Waals surface area contributed by atoms with Crippen molar-refractivity contribution < 1.29 is 9.21 Å². The summed E-state index contributed by atoms with van der Waals surface area (Å²) in [5.74, 6) is 0.714. The first-order valence-electron chi connectivity index (χ1n) is 6.95. The Hall–Kier alpha value is -1.66. The minimum atomic E-state index is -0.253. The summed E-state index contributed by atoms with van der Waals surface area (Å²) in [6, 6.07) is 7.44. The average Bonchev–Trinajstić information content (AvgIpc) is 2.98. The van der Waals surface area contributed by atoms with E-state index in [4.69, 9.17) is 4.42 Å². The molecule has 5 nitrogen and oxygen atoms in total. The van der Waals surface area contributed by atoms with E-state index in [0.29, 0.717) is 17.5 Å². The van der Waals surface area contributed by atoms with Crippen LogP contribution in [0.3, 0.4) is 0 Å². The van der Waals surface area contributed by atoms with E-state index in [-0.39, 0.29) is 5.91 Å². The third kappa shape index (κ3) is 3.51. The molecule has 110 valence electrons. The number of oxazole rings is 1. The molecule has 0 unspecified atom stereocenters. The lowest BCUT2D eigenvalue weighted by Gasteiger charge is -2.19. The zero-order valence-electron chi connectivity index (χ0n) is 11.4. The van der Waals surface area contributed by atoms with Gasteiger partial charge in [-0.25, -0.2) is 4.98 Å². The molecule has 3 rings (SSSR count). The molecule has 1 fully saturated rings. The van der Waals surface area contributed by atoms with Crippen molar-refractivity contribution in [2.75, 3.05) is 18.4 Å². The number of nitrogens with one attached hydrogen (secondary N) is 2. The molecule has 21 heavy (non-hydrogen) atoms. The molecule has 2 aromatic rings. The fourth-order valence-corrected chi connectivity index (χ4v) is 2.81. The van der Waals surface area contributed by atoms with E-state index in [9.17, 15) is 4.79 Å². The number of hydrogen-bond donors (Lipinski definition) is 2. The summed E-state index contributed by atoms with van der Waals surface area (Å²) in [4.78, 5) is 16.5. The van der Waals surface area contributed by atoms with E-state index in [0.717, 1.165) is 36.1 Å². The normalized spacial score (nSPS) is 15.9. The van der Waals surface area contributed by atoms with Crippen molar-refractivity contribution in [3.05, 3.63) is 46.6 Å². The summed E-state index contributed by atoms with van der Waals surface area (Å²) < 4.78 is 6.39. The van der Waals surface area contributed by atoms with Crippen LogP contribution in [0.15, 0.2) is 39.4 Å². The van der Waals surface area contributed by atoms with Gasteiger partial charge in [0.05, 0.1) is 0 Å². The molecule has 2 heterocycles. The Morgan fingerprint density at radius 2 is 2.19 bits per heavy atom. The lowest BCUT2D eigenvalue weighted by molar-refractivity contribution is 0.102. The second kappa shape index (κ2) is 6.41. The molecule has 0 spiro atoms. The second-order valence-electron chi connectivity index (χ2n) is 5.06. The molecule has 0 radical (unpaired) electrons. The number of carbonyl (C=O) groups is 1. The van der Waals surface area contributed by atoms with E-state index < -0.39 is 0 Å². The Bertz CT molecular complexity index is 635. The van der Waals surface area contributed by atoms with E-state index >= 15 is 0 Å². The summed E-state index contributed by atoms with van der Waals surface area (Å²) in [7, 11) is 0. The molecule has 0 aliphatic carbocycles. The molecular weight excluding hydrogens is 334 g/mol. The number of rotatable bonds is 3. The third-order valence-electron chi connectivity index (χ3n) is 3.53. The molecule has 1 aromatic carbocycles. The largest absolute Gasteiger partial charge is 0.448 e. The predicted octanol–water partition coefficient (Wildman–Crippen LogP) is 3.16. The quantitative estimate of drug-likeness (QED) is 0.892. The summed E-state index contributed by atoms with van der Waals surface area (Å²) in [6.45, 7) is 1.93. The molecule has 1 aliphatic rings. The molecule has 1 saturated heterocycles. The average molecular weight is 350 g/mol. The highest BCUT2D eigenvalue weighted by Crippen LogP contribution is 2.24. The Morgan fingerprint density at radius 3 is 2.95 bits per heavy atom. The molecule has 1 amide bonds. The maximum absolute atomic E-state index is 12.2. The number of hydrogen-bond acceptors (Lipinski definition) is 4. The lowest BCUT2D eigenvalue weighted by atomic mass is 9.98. The maximum Gasteiger partial charge on any atom is 0.277 e. The van der Waals surface area contributed by atoms with Crippen LogP contribution in [0, 0.1) is 0 Å². The van der Waals surface area contributed by atoms with Gasteiger partial charge in [0.15, 0.2) is 11.6 Å². The van der Waals surface area contributed by atoms with Crippen LogP contribution in [-0.2, 0) is 0 Å². The number of benzene rings is 1. The van der Waals surface area contributed by atoms with Gasteiger partial charge in [0.25, 0.3) is 5.91 Å². The van der Waals surface area contributed by atoms with Gasteiger partial charge in [-0.15, -0.1) is 0 Å². The Kier molecular flexibility index (Phi) is 4.36. The number of piperidine rings is 1. The molecule has 0 bridgehead atoms. The van der Waals surface area contributed by atoms with Gasteiger partial charge in [-0.2, -0.15) is 0 Å². The molecule has 2 N–H and O–H groups in total. The van der Waals surface area contributed by atoms with Crippen molar-refractivity contribution in [3.8, 4) is 0 Å². The Balaban J connectivity index is 1.69. The van der Waals surface area contributed by atoms with E-state index in [2.05, 4.69) is 31.5 Å². The van der Waals surface area contributed by atoms with E-state index in [1.165, 1.54) is 6.26 Å². The van der Waals surface area contributed by atoms with Crippen molar-refractivity contribution in [2.45, 2.75) is 18.8 Å². The summed E-state index contributed by atoms with van der Waals surface area (Å²) >= 11 is 3.37. The van der Waals surface area contributed by atoms with E-state index in [1.807, 2.05) is 24.3 Å². The van der Waals surface area contributed by atoms with Crippen LogP contribution in [0.2, 0.25) is 0 Å². The first-order chi connectivity index (χ1) is 10.2. The zero-order valence-corrected chi connectivity index (χ0v) is 13.0. The number of amides is 1. The highest BCUT2D eigenvalue weighted by Gasteiger charge is 2.22. The fraction of sp³-hybridized carbons (Fsp3) is 0.333. The van der Waals surface area contributed by atoms with Gasteiger partial charge in [0.2, 0.25) is 0 Å². The van der Waals surface area contributed by atoms with Crippen LogP contribution in [0.1, 0.15) is 35.1 Å². The van der Waals surface area contributed by atoms with Crippen LogP contribution in [-0.4, -0.2) is 24.0 Å². The van der Waals surface area contributed by atoms with Crippen molar-refractivity contribution in [1.29, 1.82) is 0 Å². The summed E-state index contributed by atoms with van der Waals surface area (Å²) in [6.07, 6.45) is 3.42. The first kappa shape index (κ1) is 14.3. The van der Waals surface area contributed by atoms with Crippen LogP contribution in [0.4, 0.5) is 5.69 Å². The first-order valence-corrected chi connectivity index (χ1v) is 7.75. The topological polar surface area (TPSA) is 67.2 Å². The predicted molar refractivity (Wildman–Crippen MR) is 83.4 cm³/mol. The molecular formula is C15H16BrN3O2. The summed E-state index contributed by atoms with van der Waals surface area (Å²) in [5.41, 5.74) is 1.05. The Labute approximate surface area is 131 Å². The molecule has 0 saturated carbocycles. The number of halogens is 1. The minimum absolute atomic E-state index is 0.253. The number of anilines is 1. The van der Waals surface area contributed by atoms with Crippen molar-refractivity contribution in [2.24, 2.45) is 0 Å². The van der Waals surface area contributed by atoms with Gasteiger partial charge < -0.3 is 15.1 Å². The lowest BCUT2D eigenvalue weighted by Crippen LogP contribution is -2.26. The monoisotopic (exact) mass is 349 g/mol. The number of carbonyl (C=O) groups excluding carboxylic acids is 1. The van der Waals surface area contributed by atoms with Gasteiger partial charge in [-0.1, -0.05) is 22.0 Å². The standard InChI is InChI=1S/C15H16BrN3O2/c16-11-2-1-3-12(8-11)18-14(20)13-9-21-15(19-13)10-4-6-17-7-5-10/h1-3,8-10,17H,4-7H2,(H,18,20). The molecule has 1 aromatic heterocycles. The highest BCUT2D eigenvalue weighted by molar-refractivity contribution is 9.10. The zero-order chi connectivity index (χ0) is 14.7. The molecule has 1 aliphatic heterocycles. The SMILES string of the molecule is O=C(Nc1cccc(Br)c1)c1coc(C2CCNCC2)n1. The van der Waals surface area contributed by atoms with Gasteiger partial charge >= 0.3 is 0 Å². The second-order valence-corrected chi connectivity index (χ2v) is 5.98. The van der Waals surface area contributed by atoms with Crippen molar-refractivity contribution in [3.63, 3.8) is 0 Å². The number of aromatic nitrogens is 1. The van der Waals surface area contributed by atoms with Gasteiger partial charge in [-0.05, 0) is 44.1 Å². The minimum Gasteiger partial charge on any atom is -0.448 e. The fourth-order valence-electron chi connectivity index (χ4n) is 2.41. The number of nitrogens with zero attached hydrogens (tertiary/aromatic N) is 1. The van der Waals surface area contributed by atoms with E-state index in [1.54, 1.807) is 0 Å².